The molecule has 116 valence electrons. The van der Waals surface area contributed by atoms with Gasteiger partial charge in [0.1, 0.15) is 5.69 Å². The summed E-state index contributed by atoms with van der Waals surface area (Å²) in [5, 5.41) is 2.80. The molecule has 0 saturated carbocycles. The number of nitrogens with one attached hydrogen (secondary N) is 2. The third-order valence-corrected chi connectivity index (χ3v) is 3.46. The van der Waals surface area contributed by atoms with Crippen molar-refractivity contribution >= 4 is 5.91 Å². The summed E-state index contributed by atoms with van der Waals surface area (Å²) in [4.78, 5) is 30.8. The lowest BCUT2D eigenvalue weighted by molar-refractivity contribution is 0.0941. The quantitative estimate of drug-likeness (QED) is 0.750. The second-order valence-corrected chi connectivity index (χ2v) is 5.09. The molecule has 3 rings (SSSR count). The Morgan fingerprint density at radius 1 is 1.13 bits per heavy atom. The number of pyridine rings is 1. The highest BCUT2D eigenvalue weighted by Gasteiger charge is 2.14. The number of carbonyl (C=O) groups is 1. The van der Waals surface area contributed by atoms with Gasteiger partial charge in [-0.1, -0.05) is 36.4 Å². The van der Waals surface area contributed by atoms with Gasteiger partial charge in [0, 0.05) is 25.1 Å². The second kappa shape index (κ2) is 6.74. The Labute approximate surface area is 132 Å². The van der Waals surface area contributed by atoms with E-state index in [2.05, 4.69) is 15.3 Å². The Bertz CT molecular complexity index is 838. The van der Waals surface area contributed by atoms with Crippen LogP contribution < -0.4 is 11.0 Å². The summed E-state index contributed by atoms with van der Waals surface area (Å²) >= 11 is 0. The van der Waals surface area contributed by atoms with Crippen molar-refractivity contribution in [3.63, 3.8) is 0 Å². The van der Waals surface area contributed by atoms with E-state index in [0.29, 0.717) is 18.8 Å². The highest BCUT2D eigenvalue weighted by Crippen LogP contribution is 2.04. The number of amides is 1. The lowest BCUT2D eigenvalue weighted by Crippen LogP contribution is -2.29. The smallest absolute Gasteiger partial charge is 0.326 e. The first-order valence-corrected chi connectivity index (χ1v) is 7.23. The fourth-order valence-corrected chi connectivity index (χ4v) is 2.28. The predicted molar refractivity (Wildman–Crippen MR) is 86.0 cm³/mol. The van der Waals surface area contributed by atoms with Crippen molar-refractivity contribution in [1.82, 2.24) is 19.9 Å². The normalized spacial score (nSPS) is 10.4. The molecule has 0 aliphatic carbocycles. The fraction of sp³-hybridized carbons (Fsp3) is 0.118. The molecule has 0 saturated heterocycles. The minimum atomic E-state index is -0.305. The van der Waals surface area contributed by atoms with Gasteiger partial charge >= 0.3 is 5.69 Å². The van der Waals surface area contributed by atoms with E-state index in [-0.39, 0.29) is 11.6 Å². The molecule has 3 aromatic rings. The first-order valence-electron chi connectivity index (χ1n) is 7.23. The highest BCUT2D eigenvalue weighted by atomic mass is 16.2. The molecule has 0 aliphatic rings. The van der Waals surface area contributed by atoms with Crippen LogP contribution in [0.25, 0.3) is 0 Å². The van der Waals surface area contributed by atoms with Gasteiger partial charge in [-0.25, -0.2) is 4.79 Å². The molecule has 1 amide bonds. The number of aromatic amines is 1. The third-order valence-electron chi connectivity index (χ3n) is 3.46. The number of nitrogens with zero attached hydrogens (tertiary/aromatic N) is 2. The molecule has 0 unspecified atom stereocenters. The van der Waals surface area contributed by atoms with Crippen LogP contribution >= 0.6 is 0 Å². The van der Waals surface area contributed by atoms with Crippen LogP contribution in [0.15, 0.2) is 65.8 Å². The van der Waals surface area contributed by atoms with E-state index in [0.717, 1.165) is 11.1 Å². The van der Waals surface area contributed by atoms with Gasteiger partial charge in [-0.2, -0.15) is 0 Å². The number of hydrogen-bond donors (Lipinski definition) is 2. The Balaban J connectivity index is 1.75. The lowest BCUT2D eigenvalue weighted by Gasteiger charge is -2.08. The molecular formula is C17H16N4O2. The van der Waals surface area contributed by atoms with Gasteiger partial charge in [0.2, 0.25) is 0 Å². The van der Waals surface area contributed by atoms with E-state index in [1.807, 2.05) is 42.5 Å². The largest absolute Gasteiger partial charge is 0.347 e. The van der Waals surface area contributed by atoms with Crippen molar-refractivity contribution in [2.45, 2.75) is 13.1 Å². The monoisotopic (exact) mass is 308 g/mol. The average Bonchev–Trinajstić information content (AvgIpc) is 2.95. The molecule has 2 aromatic heterocycles. The van der Waals surface area contributed by atoms with Crippen LogP contribution in [-0.2, 0) is 13.1 Å². The molecule has 0 bridgehead atoms. The Kier molecular flexibility index (Phi) is 4.33. The fourth-order valence-electron chi connectivity index (χ4n) is 2.28. The minimum Gasteiger partial charge on any atom is -0.347 e. The van der Waals surface area contributed by atoms with Gasteiger partial charge < -0.3 is 10.3 Å². The van der Waals surface area contributed by atoms with E-state index in [9.17, 15) is 9.59 Å². The molecule has 0 atom stereocenters. The van der Waals surface area contributed by atoms with Crippen LogP contribution in [-0.4, -0.2) is 20.4 Å². The van der Waals surface area contributed by atoms with Crippen LogP contribution in [0, 0.1) is 0 Å². The number of hydrogen-bond acceptors (Lipinski definition) is 3. The summed E-state index contributed by atoms with van der Waals surface area (Å²) in [5.74, 6) is -0.303. The molecule has 6 nitrogen and oxygen atoms in total. The Morgan fingerprint density at radius 2 is 1.91 bits per heavy atom. The van der Waals surface area contributed by atoms with Gasteiger partial charge in [-0.05, 0) is 17.2 Å². The zero-order chi connectivity index (χ0) is 16.1. The lowest BCUT2D eigenvalue weighted by atomic mass is 10.2. The maximum absolute atomic E-state index is 12.3. The highest BCUT2D eigenvalue weighted by molar-refractivity contribution is 5.92. The molecular weight excluding hydrogens is 292 g/mol. The summed E-state index contributed by atoms with van der Waals surface area (Å²) in [6.07, 6.45) is 4.80. The second-order valence-electron chi connectivity index (χ2n) is 5.09. The first-order chi connectivity index (χ1) is 11.2. The number of benzene rings is 1. The summed E-state index contributed by atoms with van der Waals surface area (Å²) < 4.78 is 1.42. The minimum absolute atomic E-state index is 0.303. The molecule has 0 radical (unpaired) electrons. The molecule has 23 heavy (non-hydrogen) atoms. The molecule has 1 aromatic carbocycles. The third kappa shape index (κ3) is 3.55. The van der Waals surface area contributed by atoms with Crippen LogP contribution in [0.2, 0.25) is 0 Å². The molecule has 6 heteroatoms. The van der Waals surface area contributed by atoms with E-state index in [1.165, 1.54) is 10.8 Å². The van der Waals surface area contributed by atoms with Crippen molar-refractivity contribution in [2.75, 3.05) is 0 Å². The van der Waals surface area contributed by atoms with Gasteiger partial charge in [-0.15, -0.1) is 0 Å². The Hall–Kier alpha value is -3.15. The molecule has 0 aliphatic heterocycles. The Morgan fingerprint density at radius 3 is 2.65 bits per heavy atom. The maximum atomic E-state index is 12.3. The number of H-pyrrole nitrogens is 1. The zero-order valence-corrected chi connectivity index (χ0v) is 12.4. The van der Waals surface area contributed by atoms with E-state index < -0.39 is 0 Å². The van der Waals surface area contributed by atoms with Crippen LogP contribution in [0.3, 0.4) is 0 Å². The van der Waals surface area contributed by atoms with Crippen LogP contribution in [0.1, 0.15) is 21.6 Å². The predicted octanol–water partition coefficient (Wildman–Crippen LogP) is 1.55. The van der Waals surface area contributed by atoms with Gasteiger partial charge in [-0.3, -0.25) is 14.3 Å². The van der Waals surface area contributed by atoms with Crippen LogP contribution in [0.4, 0.5) is 0 Å². The maximum Gasteiger partial charge on any atom is 0.326 e. The summed E-state index contributed by atoms with van der Waals surface area (Å²) in [7, 11) is 0. The number of imidazole rings is 1. The van der Waals surface area contributed by atoms with Gasteiger partial charge in [0.15, 0.2) is 0 Å². The van der Waals surface area contributed by atoms with Crippen LogP contribution in [0.5, 0.6) is 0 Å². The summed E-state index contributed by atoms with van der Waals surface area (Å²) in [6, 6.07) is 13.2. The number of aromatic nitrogens is 3. The SMILES string of the molecule is O=C(NCc1cccnc1)c1c[nH]c(=O)n1Cc1ccccc1. The molecule has 2 N–H and O–H groups in total. The molecule has 2 heterocycles. The van der Waals surface area contributed by atoms with Gasteiger partial charge in [0.05, 0.1) is 6.54 Å². The standard InChI is InChI=1S/C17H16N4O2/c22-16(19-10-14-7-4-8-18-9-14)15-11-20-17(23)21(15)12-13-5-2-1-3-6-13/h1-9,11H,10,12H2,(H,19,22)(H,20,23). The molecule has 0 spiro atoms. The zero-order valence-electron chi connectivity index (χ0n) is 12.4. The van der Waals surface area contributed by atoms with E-state index in [1.54, 1.807) is 12.4 Å². The first kappa shape index (κ1) is 14.8. The average molecular weight is 308 g/mol. The van der Waals surface area contributed by atoms with Crippen molar-refractivity contribution in [1.29, 1.82) is 0 Å². The van der Waals surface area contributed by atoms with Crippen molar-refractivity contribution < 1.29 is 4.79 Å². The number of carbonyl (C=O) groups excluding carboxylic acids is 1. The van der Waals surface area contributed by atoms with E-state index >= 15 is 0 Å². The van der Waals surface area contributed by atoms with Gasteiger partial charge in [0.25, 0.3) is 5.91 Å². The summed E-state index contributed by atoms with van der Waals surface area (Å²) in [6.45, 7) is 0.705. The number of rotatable bonds is 5. The van der Waals surface area contributed by atoms with E-state index in [4.69, 9.17) is 0 Å². The van der Waals surface area contributed by atoms with Crippen molar-refractivity contribution in [3.8, 4) is 0 Å². The topological polar surface area (TPSA) is 79.8 Å². The summed E-state index contributed by atoms with van der Waals surface area (Å²) in [5.41, 5.74) is 1.85. The van der Waals surface area contributed by atoms with Crippen molar-refractivity contribution in [2.24, 2.45) is 0 Å². The van der Waals surface area contributed by atoms with Crippen molar-refractivity contribution in [3.05, 3.63) is 88.4 Å². The molecule has 0 fully saturated rings.